The van der Waals surface area contributed by atoms with E-state index in [1.807, 2.05) is 24.4 Å². The smallest absolute Gasteiger partial charge is 0.108 e. The molecule has 2 aromatic heterocycles. The van der Waals surface area contributed by atoms with Crippen molar-refractivity contribution >= 4 is 22.7 Å². The van der Waals surface area contributed by atoms with Crippen molar-refractivity contribution in [2.75, 3.05) is 6.54 Å². The van der Waals surface area contributed by atoms with Gasteiger partial charge in [0.25, 0.3) is 0 Å². The van der Waals surface area contributed by atoms with E-state index in [1.165, 1.54) is 17.0 Å². The van der Waals surface area contributed by atoms with Crippen LogP contribution in [0.5, 0.6) is 0 Å². The highest BCUT2D eigenvalue weighted by Crippen LogP contribution is 2.34. The molecule has 3 rings (SSSR count). The Morgan fingerprint density at radius 3 is 3.15 bits per heavy atom. The first kappa shape index (κ1) is 14.2. The number of aromatic nitrogens is 1. The summed E-state index contributed by atoms with van der Waals surface area (Å²) in [5.74, 6) is 0. The molecule has 2 atom stereocenters. The molecule has 2 aromatic rings. The van der Waals surface area contributed by atoms with Crippen molar-refractivity contribution in [1.29, 1.82) is 0 Å². The molecule has 20 heavy (non-hydrogen) atoms. The van der Waals surface area contributed by atoms with Crippen LogP contribution in [0.15, 0.2) is 17.5 Å². The minimum Gasteiger partial charge on any atom is -0.383 e. The Labute approximate surface area is 127 Å². The molecule has 1 aliphatic rings. The number of thiophene rings is 1. The third-order valence-corrected chi connectivity index (χ3v) is 6.05. The number of hydrogen-bond donors (Lipinski definition) is 2. The fourth-order valence-corrected chi connectivity index (χ4v) is 4.60. The highest BCUT2D eigenvalue weighted by atomic mass is 32.1. The van der Waals surface area contributed by atoms with Gasteiger partial charge in [-0.1, -0.05) is 6.07 Å². The monoisotopic (exact) mass is 308 g/mol. The third-order valence-electron chi connectivity index (χ3n) is 3.80. The van der Waals surface area contributed by atoms with Gasteiger partial charge in [-0.15, -0.1) is 22.7 Å². The molecule has 0 saturated carbocycles. The standard InChI is InChI=1S/C15H20N2OS2/c1-10-17-12-6-3-5-11(14(12)20-10)16-9-15(2,18)13-7-4-8-19-13/h4,7-8,11,16,18H,3,5-6,9H2,1-2H3. The van der Waals surface area contributed by atoms with Crippen LogP contribution in [0.25, 0.3) is 0 Å². The third kappa shape index (κ3) is 2.81. The van der Waals surface area contributed by atoms with Crippen LogP contribution < -0.4 is 5.32 Å². The first-order chi connectivity index (χ1) is 9.56. The number of aryl methyl sites for hydroxylation is 2. The van der Waals surface area contributed by atoms with E-state index in [4.69, 9.17) is 0 Å². The highest BCUT2D eigenvalue weighted by Gasteiger charge is 2.28. The lowest BCUT2D eigenvalue weighted by Gasteiger charge is -2.28. The quantitative estimate of drug-likeness (QED) is 0.910. The Morgan fingerprint density at radius 1 is 1.55 bits per heavy atom. The molecule has 0 radical (unpaired) electrons. The minimum atomic E-state index is -0.800. The summed E-state index contributed by atoms with van der Waals surface area (Å²) in [6, 6.07) is 4.33. The second-order valence-corrected chi connectivity index (χ2v) is 7.80. The molecule has 108 valence electrons. The van der Waals surface area contributed by atoms with Crippen molar-refractivity contribution in [3.05, 3.63) is 38.0 Å². The molecule has 1 aliphatic carbocycles. The average molecular weight is 308 g/mol. The van der Waals surface area contributed by atoms with E-state index in [1.54, 1.807) is 22.7 Å². The van der Waals surface area contributed by atoms with Crippen LogP contribution in [0, 0.1) is 6.92 Å². The molecule has 2 N–H and O–H groups in total. The number of thiazole rings is 1. The molecule has 2 unspecified atom stereocenters. The van der Waals surface area contributed by atoms with E-state index in [9.17, 15) is 5.11 Å². The van der Waals surface area contributed by atoms with Crippen molar-refractivity contribution < 1.29 is 5.11 Å². The van der Waals surface area contributed by atoms with Gasteiger partial charge >= 0.3 is 0 Å². The number of rotatable bonds is 4. The van der Waals surface area contributed by atoms with Gasteiger partial charge in [0.1, 0.15) is 5.60 Å². The maximum absolute atomic E-state index is 10.6. The zero-order chi connectivity index (χ0) is 14.2. The molecule has 3 nitrogen and oxygen atoms in total. The second-order valence-electron chi connectivity index (χ2n) is 5.62. The lowest BCUT2D eigenvalue weighted by atomic mass is 9.96. The zero-order valence-electron chi connectivity index (χ0n) is 11.8. The predicted octanol–water partition coefficient (Wildman–Crippen LogP) is 3.39. The van der Waals surface area contributed by atoms with E-state index in [2.05, 4.69) is 17.2 Å². The lowest BCUT2D eigenvalue weighted by molar-refractivity contribution is 0.0569. The Balaban J connectivity index is 1.70. The number of hydrogen-bond acceptors (Lipinski definition) is 5. The maximum Gasteiger partial charge on any atom is 0.108 e. The molecule has 2 heterocycles. The summed E-state index contributed by atoms with van der Waals surface area (Å²) in [6.45, 7) is 4.53. The highest BCUT2D eigenvalue weighted by molar-refractivity contribution is 7.11. The largest absolute Gasteiger partial charge is 0.383 e. The average Bonchev–Trinajstić information content (AvgIpc) is 3.04. The number of aliphatic hydroxyl groups is 1. The van der Waals surface area contributed by atoms with Crippen LogP contribution in [0.1, 0.15) is 46.3 Å². The number of fused-ring (bicyclic) bond motifs is 1. The molecule has 0 aromatic carbocycles. The summed E-state index contributed by atoms with van der Waals surface area (Å²) in [7, 11) is 0. The van der Waals surface area contributed by atoms with Crippen LogP contribution in [0.2, 0.25) is 0 Å². The maximum atomic E-state index is 10.6. The van der Waals surface area contributed by atoms with E-state index in [0.717, 1.165) is 22.7 Å². The fourth-order valence-electron chi connectivity index (χ4n) is 2.73. The van der Waals surface area contributed by atoms with Gasteiger partial charge in [-0.05, 0) is 44.6 Å². The van der Waals surface area contributed by atoms with E-state index < -0.39 is 5.60 Å². The molecular formula is C15H20N2OS2. The van der Waals surface area contributed by atoms with Gasteiger partial charge in [0.15, 0.2) is 0 Å². The SMILES string of the molecule is Cc1nc2c(s1)C(NCC(C)(O)c1cccs1)CCC2. The van der Waals surface area contributed by atoms with Gasteiger partial charge in [0.05, 0.1) is 10.7 Å². The molecule has 0 amide bonds. The van der Waals surface area contributed by atoms with E-state index >= 15 is 0 Å². The Bertz CT molecular complexity index is 575. The summed E-state index contributed by atoms with van der Waals surface area (Å²) in [5.41, 5.74) is 0.456. The van der Waals surface area contributed by atoms with Gasteiger partial charge in [-0.25, -0.2) is 4.98 Å². The van der Waals surface area contributed by atoms with Crippen LogP contribution >= 0.6 is 22.7 Å². The molecule has 0 spiro atoms. The van der Waals surface area contributed by atoms with E-state index in [0.29, 0.717) is 12.6 Å². The summed E-state index contributed by atoms with van der Waals surface area (Å²) in [6.07, 6.45) is 3.41. The topological polar surface area (TPSA) is 45.2 Å². The normalized spacial score (nSPS) is 21.4. The Kier molecular flexibility index (Phi) is 3.95. The van der Waals surface area contributed by atoms with Crippen molar-refractivity contribution in [2.45, 2.75) is 44.8 Å². The molecule has 0 saturated heterocycles. The fraction of sp³-hybridized carbons (Fsp3) is 0.533. The van der Waals surface area contributed by atoms with Crippen LogP contribution in [-0.2, 0) is 12.0 Å². The van der Waals surface area contributed by atoms with Crippen LogP contribution in [-0.4, -0.2) is 16.6 Å². The van der Waals surface area contributed by atoms with Gasteiger partial charge < -0.3 is 10.4 Å². The molecule has 0 fully saturated rings. The molecular weight excluding hydrogens is 288 g/mol. The van der Waals surface area contributed by atoms with Gasteiger partial charge in [-0.3, -0.25) is 0 Å². The zero-order valence-corrected chi connectivity index (χ0v) is 13.5. The van der Waals surface area contributed by atoms with Crippen molar-refractivity contribution in [1.82, 2.24) is 10.3 Å². The minimum absolute atomic E-state index is 0.344. The number of nitrogens with zero attached hydrogens (tertiary/aromatic N) is 1. The van der Waals surface area contributed by atoms with Gasteiger partial charge in [-0.2, -0.15) is 0 Å². The van der Waals surface area contributed by atoms with Gasteiger partial charge in [0.2, 0.25) is 0 Å². The predicted molar refractivity (Wildman–Crippen MR) is 84.4 cm³/mol. The summed E-state index contributed by atoms with van der Waals surface area (Å²) in [5, 5.41) is 17.3. The Hall–Kier alpha value is -0.750. The lowest BCUT2D eigenvalue weighted by Crippen LogP contribution is -2.37. The number of nitrogens with one attached hydrogen (secondary N) is 1. The van der Waals surface area contributed by atoms with Crippen LogP contribution in [0.4, 0.5) is 0 Å². The summed E-state index contributed by atoms with van der Waals surface area (Å²) in [4.78, 5) is 7.00. The first-order valence-electron chi connectivity index (χ1n) is 7.02. The summed E-state index contributed by atoms with van der Waals surface area (Å²) >= 11 is 3.40. The molecule has 0 bridgehead atoms. The van der Waals surface area contributed by atoms with Crippen molar-refractivity contribution in [2.24, 2.45) is 0 Å². The molecule has 0 aliphatic heterocycles. The summed E-state index contributed by atoms with van der Waals surface area (Å²) < 4.78 is 0. The van der Waals surface area contributed by atoms with Gasteiger partial charge in [0, 0.05) is 22.3 Å². The van der Waals surface area contributed by atoms with E-state index in [-0.39, 0.29) is 0 Å². The molecule has 5 heteroatoms. The van der Waals surface area contributed by atoms with Crippen molar-refractivity contribution in [3.63, 3.8) is 0 Å². The first-order valence-corrected chi connectivity index (χ1v) is 8.72. The second kappa shape index (κ2) is 5.56. The Morgan fingerprint density at radius 2 is 2.40 bits per heavy atom. The van der Waals surface area contributed by atoms with Crippen molar-refractivity contribution in [3.8, 4) is 0 Å². The van der Waals surface area contributed by atoms with Crippen LogP contribution in [0.3, 0.4) is 0 Å².